The summed E-state index contributed by atoms with van der Waals surface area (Å²) < 4.78 is 7.51. The molecule has 2 nitrogen and oxygen atoms in total. The second-order valence-electron chi connectivity index (χ2n) is 16.8. The Morgan fingerprint density at radius 1 is 0.254 bits per heavy atom. The van der Waals surface area contributed by atoms with Crippen LogP contribution in [0.5, 0.6) is 0 Å². The lowest BCUT2D eigenvalue weighted by Crippen LogP contribution is -1.97. The second kappa shape index (κ2) is 13.3. The number of hydrogen-bond donors (Lipinski definition) is 0. The lowest BCUT2D eigenvalue weighted by atomic mass is 9.87. The Kier molecular flexibility index (Phi) is 7.30. The van der Waals surface area contributed by atoms with Crippen LogP contribution < -0.4 is 0 Å². The molecule has 63 heavy (non-hydrogen) atoms. The maximum atomic E-state index is 2.50. The van der Waals surface area contributed by atoms with E-state index in [-0.39, 0.29) is 0 Å². The summed E-state index contributed by atoms with van der Waals surface area (Å²) in [6.45, 7) is 0. The fraction of sp³-hybridized carbons (Fsp3) is 0. The van der Waals surface area contributed by atoms with E-state index in [4.69, 9.17) is 0 Å². The molecular formula is C60H36N2S. The molecule has 0 aliphatic heterocycles. The summed E-state index contributed by atoms with van der Waals surface area (Å²) in [6.07, 6.45) is 0. The number of para-hydroxylation sites is 3. The number of benzene rings is 11. The highest BCUT2D eigenvalue weighted by molar-refractivity contribution is 7.26. The Bertz CT molecular complexity index is 4200. The minimum absolute atomic E-state index is 1.16. The molecule has 0 spiro atoms. The van der Waals surface area contributed by atoms with Crippen molar-refractivity contribution in [3.8, 4) is 33.6 Å². The molecule has 14 aromatic rings. The van der Waals surface area contributed by atoms with Crippen molar-refractivity contribution in [2.45, 2.75) is 0 Å². The molecule has 0 saturated heterocycles. The molecule has 0 radical (unpaired) electrons. The third kappa shape index (κ3) is 5.00. The van der Waals surface area contributed by atoms with E-state index < -0.39 is 0 Å². The molecule has 0 atom stereocenters. The van der Waals surface area contributed by atoms with E-state index >= 15 is 0 Å². The Morgan fingerprint density at radius 2 is 0.746 bits per heavy atom. The fourth-order valence-corrected chi connectivity index (χ4v) is 11.9. The molecule has 0 N–H and O–H groups in total. The summed E-state index contributed by atoms with van der Waals surface area (Å²) in [4.78, 5) is 0. The van der Waals surface area contributed by atoms with Gasteiger partial charge in [0.25, 0.3) is 0 Å². The van der Waals surface area contributed by atoms with E-state index in [1.807, 2.05) is 11.3 Å². The van der Waals surface area contributed by atoms with Crippen LogP contribution in [0.1, 0.15) is 0 Å². The number of thiophene rings is 1. The van der Waals surface area contributed by atoms with Gasteiger partial charge in [-0.2, -0.15) is 0 Å². The van der Waals surface area contributed by atoms with Crippen molar-refractivity contribution < 1.29 is 0 Å². The van der Waals surface area contributed by atoms with Crippen molar-refractivity contribution in [3.05, 3.63) is 218 Å². The summed E-state index contributed by atoms with van der Waals surface area (Å²) in [7, 11) is 0. The molecule has 0 amide bonds. The van der Waals surface area contributed by atoms with Crippen LogP contribution in [-0.4, -0.2) is 9.13 Å². The first-order valence-electron chi connectivity index (χ1n) is 21.7. The van der Waals surface area contributed by atoms with Crippen LogP contribution in [0, 0.1) is 0 Å². The predicted octanol–water partition coefficient (Wildman–Crippen LogP) is 17.0. The van der Waals surface area contributed by atoms with Crippen LogP contribution in [0.2, 0.25) is 0 Å². The fourth-order valence-electron chi connectivity index (χ4n) is 10.8. The van der Waals surface area contributed by atoms with Crippen LogP contribution in [0.4, 0.5) is 0 Å². The monoisotopic (exact) mass is 816 g/mol. The van der Waals surface area contributed by atoms with Gasteiger partial charge in [0.05, 0.1) is 22.1 Å². The number of nitrogens with zero attached hydrogens (tertiary/aromatic N) is 2. The number of hydrogen-bond acceptors (Lipinski definition) is 1. The second-order valence-corrected chi connectivity index (χ2v) is 17.9. The zero-order valence-corrected chi connectivity index (χ0v) is 34.9. The molecule has 0 fully saturated rings. The molecular weight excluding hydrogens is 781 g/mol. The van der Waals surface area contributed by atoms with Gasteiger partial charge in [0.15, 0.2) is 0 Å². The normalized spacial score (nSPS) is 12.1. The van der Waals surface area contributed by atoms with Gasteiger partial charge >= 0.3 is 0 Å². The maximum Gasteiger partial charge on any atom is 0.0541 e. The minimum atomic E-state index is 1.16. The molecule has 0 unspecified atom stereocenters. The molecule has 0 saturated carbocycles. The standard InChI is InChI=1S/C60H36N2S/c1-2-15-39(16-3-1)61-53-25-11-8-20-44(53)49-33-37(29-31-55(49)61)38-30-32-56-50(34-38)45-21-9-12-26-54(45)62(56)40-35-51-43-19-5-4-17-41(43)42-18-6-7-22-46(42)59(51)52(36-40)47-24-14-28-58-60(47)48-23-10-13-27-57(48)63-58/h1-36H. The van der Waals surface area contributed by atoms with Gasteiger partial charge in [-0.15, -0.1) is 11.3 Å². The lowest BCUT2D eigenvalue weighted by Gasteiger charge is -2.18. The van der Waals surface area contributed by atoms with Crippen LogP contribution in [-0.2, 0) is 0 Å². The van der Waals surface area contributed by atoms with Gasteiger partial charge in [0.1, 0.15) is 0 Å². The quantitative estimate of drug-likeness (QED) is 0.157. The molecule has 11 aromatic carbocycles. The average molecular weight is 817 g/mol. The number of rotatable bonds is 4. The van der Waals surface area contributed by atoms with Crippen molar-refractivity contribution in [2.75, 3.05) is 0 Å². The summed E-state index contributed by atoms with van der Waals surface area (Å²) in [6, 6.07) is 81.1. The number of aromatic nitrogens is 2. The Labute approximate surface area is 366 Å². The molecule has 0 bridgehead atoms. The number of fused-ring (bicyclic) bond motifs is 15. The minimum Gasteiger partial charge on any atom is -0.309 e. The van der Waals surface area contributed by atoms with Crippen molar-refractivity contribution >= 4 is 107 Å². The molecule has 14 rings (SSSR count). The van der Waals surface area contributed by atoms with E-state index in [2.05, 4.69) is 228 Å². The smallest absolute Gasteiger partial charge is 0.0541 e. The van der Waals surface area contributed by atoms with Gasteiger partial charge in [-0.1, -0.05) is 146 Å². The van der Waals surface area contributed by atoms with Gasteiger partial charge in [0.2, 0.25) is 0 Å². The highest BCUT2D eigenvalue weighted by Gasteiger charge is 2.21. The van der Waals surface area contributed by atoms with Gasteiger partial charge in [-0.25, -0.2) is 0 Å². The first-order chi connectivity index (χ1) is 31.3. The lowest BCUT2D eigenvalue weighted by molar-refractivity contribution is 1.18. The van der Waals surface area contributed by atoms with Crippen molar-refractivity contribution in [3.63, 3.8) is 0 Å². The maximum absolute atomic E-state index is 2.50. The molecule has 0 aliphatic carbocycles. The predicted molar refractivity (Wildman–Crippen MR) is 271 cm³/mol. The van der Waals surface area contributed by atoms with Crippen molar-refractivity contribution in [2.24, 2.45) is 0 Å². The zero-order chi connectivity index (χ0) is 41.2. The van der Waals surface area contributed by atoms with E-state index in [0.717, 1.165) is 5.69 Å². The van der Waals surface area contributed by atoms with Crippen LogP contribution in [0.3, 0.4) is 0 Å². The summed E-state index contributed by atoms with van der Waals surface area (Å²) >= 11 is 1.88. The molecule has 3 aromatic heterocycles. The van der Waals surface area contributed by atoms with Gasteiger partial charge < -0.3 is 9.13 Å². The Hall–Kier alpha value is -7.98. The third-order valence-electron chi connectivity index (χ3n) is 13.5. The van der Waals surface area contributed by atoms with Gasteiger partial charge in [0, 0.05) is 53.1 Å². The van der Waals surface area contributed by atoms with Crippen molar-refractivity contribution in [1.82, 2.24) is 9.13 Å². The molecule has 0 aliphatic rings. The third-order valence-corrected chi connectivity index (χ3v) is 14.6. The van der Waals surface area contributed by atoms with Crippen LogP contribution in [0.25, 0.3) is 130 Å². The largest absolute Gasteiger partial charge is 0.309 e. The highest BCUT2D eigenvalue weighted by atomic mass is 32.1. The summed E-state index contributed by atoms with van der Waals surface area (Å²) in [5, 5.41) is 15.3. The summed E-state index contributed by atoms with van der Waals surface area (Å²) in [5.41, 5.74) is 12.1. The topological polar surface area (TPSA) is 9.86 Å². The average Bonchev–Trinajstić information content (AvgIpc) is 4.01. The van der Waals surface area contributed by atoms with E-state index in [0.29, 0.717) is 0 Å². The van der Waals surface area contributed by atoms with Gasteiger partial charge in [-0.05, 0) is 127 Å². The Morgan fingerprint density at radius 3 is 1.41 bits per heavy atom. The van der Waals surface area contributed by atoms with E-state index in [1.165, 1.54) is 124 Å². The molecule has 3 heteroatoms. The first-order valence-corrected chi connectivity index (χ1v) is 22.5. The van der Waals surface area contributed by atoms with Crippen LogP contribution in [0.15, 0.2) is 218 Å². The van der Waals surface area contributed by atoms with E-state index in [1.54, 1.807) is 0 Å². The zero-order valence-electron chi connectivity index (χ0n) is 34.1. The van der Waals surface area contributed by atoms with Crippen molar-refractivity contribution in [1.29, 1.82) is 0 Å². The highest BCUT2D eigenvalue weighted by Crippen LogP contribution is 2.47. The summed E-state index contributed by atoms with van der Waals surface area (Å²) in [5.74, 6) is 0. The Balaban J connectivity index is 1.04. The molecule has 3 heterocycles. The SMILES string of the molecule is c1ccc(-n2c3ccccc3c3cc(-c4ccc5c(c4)c4ccccc4n5-c4cc(-c5cccc6sc7ccccc7c56)c5c6ccccc6c6ccccc6c5c4)ccc32)cc1. The molecule has 292 valence electrons. The first kappa shape index (κ1) is 34.7. The van der Waals surface area contributed by atoms with Crippen LogP contribution >= 0.6 is 11.3 Å². The van der Waals surface area contributed by atoms with Gasteiger partial charge in [-0.3, -0.25) is 0 Å². The van der Waals surface area contributed by atoms with E-state index in [9.17, 15) is 0 Å².